The highest BCUT2D eigenvalue weighted by molar-refractivity contribution is 7.87. The van der Waals surface area contributed by atoms with Crippen molar-refractivity contribution in [3.05, 3.63) is 22.8 Å². The minimum Gasteiger partial charge on any atom is -0.462 e. The summed E-state index contributed by atoms with van der Waals surface area (Å²) in [5.74, 6) is -2.18. The lowest BCUT2D eigenvalue weighted by Gasteiger charge is -2.11. The third-order valence-electron chi connectivity index (χ3n) is 1.79. The van der Waals surface area contributed by atoms with Gasteiger partial charge in [-0.15, -0.1) is 0 Å². The molecule has 0 atom stereocenters. The SMILES string of the molecule is CCOC(=O)c1cc(Cl)cnc1OS(=O)(=O)C(F)(F)F. The third kappa shape index (κ3) is 3.73. The summed E-state index contributed by atoms with van der Waals surface area (Å²) in [4.78, 5) is 14.7. The Morgan fingerprint density at radius 3 is 2.55 bits per heavy atom. The van der Waals surface area contributed by atoms with E-state index in [-0.39, 0.29) is 11.6 Å². The van der Waals surface area contributed by atoms with Crippen LogP contribution >= 0.6 is 11.6 Å². The minimum atomic E-state index is -5.95. The van der Waals surface area contributed by atoms with Crippen molar-refractivity contribution < 1.29 is 35.3 Å². The summed E-state index contributed by atoms with van der Waals surface area (Å²) in [5, 5.41) is -0.107. The van der Waals surface area contributed by atoms with E-state index in [1.165, 1.54) is 6.92 Å². The number of carbonyl (C=O) groups is 1. The second kappa shape index (κ2) is 5.83. The molecule has 1 aromatic heterocycles. The maximum Gasteiger partial charge on any atom is 0.534 e. The van der Waals surface area contributed by atoms with Crippen molar-refractivity contribution in [1.82, 2.24) is 4.98 Å². The maximum absolute atomic E-state index is 12.2. The van der Waals surface area contributed by atoms with Crippen molar-refractivity contribution in [2.45, 2.75) is 12.4 Å². The van der Waals surface area contributed by atoms with Crippen LogP contribution in [0.3, 0.4) is 0 Å². The van der Waals surface area contributed by atoms with Crippen LogP contribution in [-0.2, 0) is 14.9 Å². The molecule has 11 heteroatoms. The number of carbonyl (C=O) groups excluding carboxylic acids is 1. The summed E-state index contributed by atoms with van der Waals surface area (Å²) in [6, 6.07) is 0.883. The lowest BCUT2D eigenvalue weighted by atomic mass is 10.3. The number of aromatic nitrogens is 1. The number of halogens is 4. The van der Waals surface area contributed by atoms with Gasteiger partial charge in [-0.05, 0) is 13.0 Å². The van der Waals surface area contributed by atoms with Gasteiger partial charge in [0, 0.05) is 6.20 Å². The Balaban J connectivity index is 3.23. The average molecular weight is 334 g/mol. The molecule has 0 aliphatic rings. The van der Waals surface area contributed by atoms with Crippen LogP contribution in [0.25, 0.3) is 0 Å². The van der Waals surface area contributed by atoms with Crippen molar-refractivity contribution in [2.24, 2.45) is 0 Å². The Morgan fingerprint density at radius 2 is 2.05 bits per heavy atom. The van der Waals surface area contributed by atoms with Gasteiger partial charge in [-0.25, -0.2) is 9.78 Å². The summed E-state index contributed by atoms with van der Waals surface area (Å²) in [7, 11) is -5.95. The average Bonchev–Trinajstić information content (AvgIpc) is 2.30. The first-order chi connectivity index (χ1) is 9.08. The molecule has 0 unspecified atom stereocenters. The number of hydrogen-bond donors (Lipinski definition) is 0. The molecule has 0 aromatic carbocycles. The zero-order chi connectivity index (χ0) is 15.6. The number of esters is 1. The second-order valence-corrected chi connectivity index (χ2v) is 5.18. The van der Waals surface area contributed by atoms with Crippen LogP contribution in [0, 0.1) is 0 Å². The summed E-state index contributed by atoms with van der Waals surface area (Å²) in [6.45, 7) is 1.36. The molecular formula is C9H7ClF3NO5S. The van der Waals surface area contributed by atoms with Gasteiger partial charge in [0.1, 0.15) is 5.56 Å². The molecule has 0 fully saturated rings. The van der Waals surface area contributed by atoms with E-state index in [0.29, 0.717) is 0 Å². The molecule has 0 spiro atoms. The van der Waals surface area contributed by atoms with E-state index in [9.17, 15) is 26.4 Å². The number of hydrogen-bond acceptors (Lipinski definition) is 6. The topological polar surface area (TPSA) is 82.6 Å². The van der Waals surface area contributed by atoms with E-state index in [1.807, 2.05) is 0 Å². The Bertz CT molecular complexity index is 616. The lowest BCUT2D eigenvalue weighted by molar-refractivity contribution is -0.0501. The highest BCUT2D eigenvalue weighted by atomic mass is 35.5. The van der Waals surface area contributed by atoms with Crippen LogP contribution < -0.4 is 4.18 Å². The first-order valence-corrected chi connectivity index (χ1v) is 6.70. The summed E-state index contributed by atoms with van der Waals surface area (Å²) in [6.07, 6.45) is 0.825. The molecule has 0 bridgehead atoms. The van der Waals surface area contributed by atoms with Crippen molar-refractivity contribution >= 4 is 27.7 Å². The second-order valence-electron chi connectivity index (χ2n) is 3.21. The number of ether oxygens (including phenoxy) is 1. The molecule has 1 rings (SSSR count). The number of pyridine rings is 1. The minimum absolute atomic E-state index is 0.0865. The van der Waals surface area contributed by atoms with Gasteiger partial charge in [0.25, 0.3) is 0 Å². The highest BCUT2D eigenvalue weighted by Crippen LogP contribution is 2.29. The molecule has 0 amide bonds. The van der Waals surface area contributed by atoms with E-state index in [0.717, 1.165) is 12.3 Å². The summed E-state index contributed by atoms with van der Waals surface area (Å²) < 4.78 is 66.6. The quantitative estimate of drug-likeness (QED) is 0.477. The van der Waals surface area contributed by atoms with Crippen LogP contribution in [0.1, 0.15) is 17.3 Å². The molecule has 112 valence electrons. The summed E-state index contributed by atoms with van der Waals surface area (Å²) >= 11 is 5.52. The van der Waals surface area contributed by atoms with Crippen molar-refractivity contribution in [2.75, 3.05) is 6.61 Å². The number of alkyl halides is 3. The predicted octanol–water partition coefficient (Wildman–Crippen LogP) is 2.14. The van der Waals surface area contributed by atoms with E-state index >= 15 is 0 Å². The van der Waals surface area contributed by atoms with Gasteiger partial charge in [-0.3, -0.25) is 0 Å². The largest absolute Gasteiger partial charge is 0.534 e. The Labute approximate surface area is 116 Å². The van der Waals surface area contributed by atoms with Gasteiger partial charge >= 0.3 is 21.6 Å². The molecule has 0 radical (unpaired) electrons. The number of nitrogens with zero attached hydrogens (tertiary/aromatic N) is 1. The van der Waals surface area contributed by atoms with Gasteiger partial charge in [-0.1, -0.05) is 11.6 Å². The smallest absolute Gasteiger partial charge is 0.462 e. The van der Waals surface area contributed by atoms with Gasteiger partial charge in [0.15, 0.2) is 0 Å². The first kappa shape index (κ1) is 16.5. The van der Waals surface area contributed by atoms with Crippen molar-refractivity contribution in [3.8, 4) is 5.88 Å². The summed E-state index contributed by atoms with van der Waals surface area (Å²) in [5.41, 5.74) is -6.28. The number of rotatable bonds is 4. The fourth-order valence-electron chi connectivity index (χ4n) is 0.999. The van der Waals surface area contributed by atoms with Gasteiger partial charge in [0.05, 0.1) is 11.6 Å². The zero-order valence-corrected chi connectivity index (χ0v) is 11.3. The van der Waals surface area contributed by atoms with E-state index in [2.05, 4.69) is 13.9 Å². The molecule has 0 saturated carbocycles. The normalized spacial score (nSPS) is 12.1. The Morgan fingerprint density at radius 1 is 1.45 bits per heavy atom. The standard InChI is InChI=1S/C9H7ClF3NO5S/c1-2-18-8(15)6-3-5(10)4-14-7(6)19-20(16,17)9(11,12)13/h3-4H,2H2,1H3. The van der Waals surface area contributed by atoms with Crippen molar-refractivity contribution in [1.29, 1.82) is 0 Å². The molecule has 1 heterocycles. The van der Waals surface area contributed by atoms with Gasteiger partial charge < -0.3 is 8.92 Å². The predicted molar refractivity (Wildman–Crippen MR) is 60.8 cm³/mol. The fourth-order valence-corrected chi connectivity index (χ4v) is 1.59. The molecule has 0 N–H and O–H groups in total. The van der Waals surface area contributed by atoms with Gasteiger partial charge in [0.2, 0.25) is 5.88 Å². The van der Waals surface area contributed by atoms with Crippen LogP contribution in [0.5, 0.6) is 5.88 Å². The van der Waals surface area contributed by atoms with Crippen LogP contribution in [0.15, 0.2) is 12.3 Å². The monoisotopic (exact) mass is 333 g/mol. The van der Waals surface area contributed by atoms with Crippen LogP contribution in [-0.4, -0.2) is 31.5 Å². The Kier molecular flexibility index (Phi) is 4.81. The maximum atomic E-state index is 12.2. The van der Waals surface area contributed by atoms with E-state index in [4.69, 9.17) is 11.6 Å². The van der Waals surface area contributed by atoms with Crippen molar-refractivity contribution in [3.63, 3.8) is 0 Å². The molecule has 0 aliphatic heterocycles. The first-order valence-electron chi connectivity index (χ1n) is 4.92. The molecule has 1 aromatic rings. The lowest BCUT2D eigenvalue weighted by Crippen LogP contribution is -2.29. The molecule has 0 saturated heterocycles. The van der Waals surface area contributed by atoms with E-state index < -0.39 is 33.0 Å². The fraction of sp³-hybridized carbons (Fsp3) is 0.333. The van der Waals surface area contributed by atoms with Crippen LogP contribution in [0.2, 0.25) is 5.02 Å². The van der Waals surface area contributed by atoms with E-state index in [1.54, 1.807) is 0 Å². The third-order valence-corrected chi connectivity index (χ3v) is 2.94. The molecule has 6 nitrogen and oxygen atoms in total. The Hall–Kier alpha value is -1.55. The van der Waals surface area contributed by atoms with Gasteiger partial charge in [-0.2, -0.15) is 21.6 Å². The highest BCUT2D eigenvalue weighted by Gasteiger charge is 2.49. The van der Waals surface area contributed by atoms with Crippen LogP contribution in [0.4, 0.5) is 13.2 Å². The molecule has 0 aliphatic carbocycles. The molecule has 20 heavy (non-hydrogen) atoms. The molecular weight excluding hydrogens is 327 g/mol. The zero-order valence-electron chi connectivity index (χ0n) is 9.77.